The molecule has 1 amide bonds. The summed E-state index contributed by atoms with van der Waals surface area (Å²) in [6, 6.07) is 6.93. The van der Waals surface area contributed by atoms with Gasteiger partial charge in [0, 0.05) is 18.5 Å². The van der Waals surface area contributed by atoms with E-state index in [1.165, 1.54) is 25.2 Å². The Balaban J connectivity index is 1.66. The lowest BCUT2D eigenvalue weighted by Gasteiger charge is -2.11. The number of hydrogen-bond donors (Lipinski definition) is 2. The second kappa shape index (κ2) is 8.75. The molecule has 0 aliphatic carbocycles. The highest BCUT2D eigenvalue weighted by atomic mass is 32.2. The summed E-state index contributed by atoms with van der Waals surface area (Å²) in [6.45, 7) is 0.745. The number of halogens is 2. The van der Waals surface area contributed by atoms with Gasteiger partial charge in [0.2, 0.25) is 10.0 Å². The molecule has 168 valence electrons. The van der Waals surface area contributed by atoms with Crippen LogP contribution in [0.25, 0.3) is 11.4 Å². The average molecular weight is 461 g/mol. The molecule has 2 N–H and O–H groups in total. The van der Waals surface area contributed by atoms with E-state index in [1.54, 1.807) is 0 Å². The van der Waals surface area contributed by atoms with Crippen LogP contribution >= 0.6 is 0 Å². The first-order valence-electron chi connectivity index (χ1n) is 10.1. The van der Waals surface area contributed by atoms with Crippen LogP contribution in [0.3, 0.4) is 0 Å². The number of fused-ring (bicyclic) bond motifs is 1. The summed E-state index contributed by atoms with van der Waals surface area (Å²) in [5, 5.41) is 10.8. The van der Waals surface area contributed by atoms with E-state index in [2.05, 4.69) is 20.2 Å². The molecule has 1 aromatic heterocycles. The molecule has 8 nitrogen and oxygen atoms in total. The number of anilines is 1. The minimum atomic E-state index is -3.89. The lowest BCUT2D eigenvalue weighted by atomic mass is 10.1. The molecule has 4 rings (SSSR count). The topological polar surface area (TPSA) is 106 Å². The number of benzene rings is 2. The van der Waals surface area contributed by atoms with Gasteiger partial charge in [-0.05, 0) is 56.3 Å². The second-order valence-electron chi connectivity index (χ2n) is 7.40. The second-order valence-corrected chi connectivity index (χ2v) is 9.29. The first-order valence-corrected chi connectivity index (χ1v) is 11.5. The largest absolute Gasteiger partial charge is 0.319 e. The van der Waals surface area contributed by atoms with Crippen LogP contribution in [-0.2, 0) is 23.0 Å². The molecule has 3 aromatic rings. The van der Waals surface area contributed by atoms with Crippen LogP contribution in [-0.4, -0.2) is 36.1 Å². The Morgan fingerprint density at radius 2 is 1.81 bits per heavy atom. The number of hydrogen-bond acceptors (Lipinski definition) is 5. The Hall–Kier alpha value is -3.18. The molecule has 0 saturated heterocycles. The third kappa shape index (κ3) is 4.26. The predicted molar refractivity (Wildman–Crippen MR) is 114 cm³/mol. The molecule has 0 spiro atoms. The standard InChI is InChI=1S/C21H21F2N5O3S/c1-24-32(30,31)14-7-9-16(22)15(12-14)21(29)25-18-11-13(6-8-17(18)23)20-27-26-19-5-3-2-4-10-28(19)20/h6-9,11-12,24H,2-5,10H2,1H3,(H,25,29). The molecule has 0 radical (unpaired) electrons. The normalized spacial score (nSPS) is 14.0. The fraction of sp³-hybridized carbons (Fsp3) is 0.286. The zero-order valence-corrected chi connectivity index (χ0v) is 18.0. The van der Waals surface area contributed by atoms with Gasteiger partial charge in [-0.3, -0.25) is 4.79 Å². The SMILES string of the molecule is CNS(=O)(=O)c1ccc(F)c(C(=O)Nc2cc(-c3nnc4n3CCCCC4)ccc2F)c1. The smallest absolute Gasteiger partial charge is 0.258 e. The maximum Gasteiger partial charge on any atom is 0.258 e. The van der Waals surface area contributed by atoms with Crippen molar-refractivity contribution >= 4 is 21.6 Å². The van der Waals surface area contributed by atoms with Gasteiger partial charge in [0.05, 0.1) is 16.1 Å². The molecule has 0 saturated carbocycles. The van der Waals surface area contributed by atoms with E-state index in [0.717, 1.165) is 56.3 Å². The average Bonchev–Trinajstić information content (AvgIpc) is 3.03. The Kier molecular flexibility index (Phi) is 6.02. The van der Waals surface area contributed by atoms with Gasteiger partial charge in [0.25, 0.3) is 5.91 Å². The lowest BCUT2D eigenvalue weighted by molar-refractivity contribution is 0.102. The van der Waals surface area contributed by atoms with Crippen molar-refractivity contribution in [1.29, 1.82) is 0 Å². The predicted octanol–water partition coefficient (Wildman–Crippen LogP) is 3.11. The summed E-state index contributed by atoms with van der Waals surface area (Å²) in [6.07, 6.45) is 3.90. The molecule has 2 aromatic carbocycles. The molecule has 0 unspecified atom stereocenters. The van der Waals surface area contributed by atoms with Crippen LogP contribution in [0, 0.1) is 11.6 Å². The molecule has 11 heteroatoms. The number of aromatic nitrogens is 3. The molecular weight excluding hydrogens is 440 g/mol. The molecular formula is C21H21F2N5O3S. The zero-order valence-electron chi connectivity index (χ0n) is 17.2. The Morgan fingerprint density at radius 3 is 2.59 bits per heavy atom. The van der Waals surface area contributed by atoms with Crippen LogP contribution < -0.4 is 10.0 Å². The third-order valence-corrected chi connectivity index (χ3v) is 6.76. The van der Waals surface area contributed by atoms with Crippen LogP contribution in [0.2, 0.25) is 0 Å². The van der Waals surface area contributed by atoms with E-state index >= 15 is 0 Å². The number of aryl methyl sites for hydroxylation is 1. The Bertz CT molecular complexity index is 1290. The summed E-state index contributed by atoms with van der Waals surface area (Å²) >= 11 is 0. The van der Waals surface area contributed by atoms with Gasteiger partial charge in [-0.15, -0.1) is 10.2 Å². The van der Waals surface area contributed by atoms with Gasteiger partial charge >= 0.3 is 0 Å². The lowest BCUT2D eigenvalue weighted by Crippen LogP contribution is -2.20. The monoisotopic (exact) mass is 461 g/mol. The van der Waals surface area contributed by atoms with Crippen LogP contribution in [0.4, 0.5) is 14.5 Å². The third-order valence-electron chi connectivity index (χ3n) is 5.34. The van der Waals surface area contributed by atoms with Crippen molar-refractivity contribution in [2.24, 2.45) is 0 Å². The number of sulfonamides is 1. The van der Waals surface area contributed by atoms with Gasteiger partial charge in [0.15, 0.2) is 5.82 Å². The molecule has 1 aliphatic rings. The highest BCUT2D eigenvalue weighted by Crippen LogP contribution is 2.27. The maximum absolute atomic E-state index is 14.5. The number of amides is 1. The maximum atomic E-state index is 14.5. The van der Waals surface area contributed by atoms with Gasteiger partial charge in [-0.1, -0.05) is 6.42 Å². The zero-order chi connectivity index (χ0) is 22.9. The van der Waals surface area contributed by atoms with Crippen LogP contribution in [0.1, 0.15) is 35.4 Å². The van der Waals surface area contributed by atoms with Crippen molar-refractivity contribution in [3.05, 3.63) is 59.4 Å². The van der Waals surface area contributed by atoms with Crippen molar-refractivity contribution in [2.75, 3.05) is 12.4 Å². The molecule has 1 aliphatic heterocycles. The van der Waals surface area contributed by atoms with Crippen LogP contribution in [0.15, 0.2) is 41.3 Å². The van der Waals surface area contributed by atoms with E-state index in [-0.39, 0.29) is 10.6 Å². The first kappa shape index (κ1) is 22.0. The summed E-state index contributed by atoms with van der Waals surface area (Å²) in [5.41, 5.74) is -0.156. The van der Waals surface area contributed by atoms with E-state index in [1.807, 2.05) is 4.57 Å². The summed E-state index contributed by atoms with van der Waals surface area (Å²) in [5.74, 6) is -1.22. The first-order chi connectivity index (χ1) is 15.3. The number of rotatable bonds is 5. The van der Waals surface area contributed by atoms with E-state index < -0.39 is 33.1 Å². The fourth-order valence-corrected chi connectivity index (χ4v) is 4.37. The van der Waals surface area contributed by atoms with Gasteiger partial charge in [0.1, 0.15) is 17.5 Å². The number of nitrogens with zero attached hydrogens (tertiary/aromatic N) is 3. The molecule has 32 heavy (non-hydrogen) atoms. The summed E-state index contributed by atoms with van der Waals surface area (Å²) in [4.78, 5) is 12.4. The van der Waals surface area contributed by atoms with Crippen molar-refractivity contribution in [1.82, 2.24) is 19.5 Å². The number of nitrogens with one attached hydrogen (secondary N) is 2. The van der Waals surface area contributed by atoms with Crippen molar-refractivity contribution in [2.45, 2.75) is 37.1 Å². The van der Waals surface area contributed by atoms with Gasteiger partial charge < -0.3 is 9.88 Å². The highest BCUT2D eigenvalue weighted by Gasteiger charge is 2.21. The quantitative estimate of drug-likeness (QED) is 0.607. The summed E-state index contributed by atoms with van der Waals surface area (Å²) < 4.78 is 56.7. The number of carbonyl (C=O) groups is 1. The van der Waals surface area contributed by atoms with Crippen molar-refractivity contribution in [3.8, 4) is 11.4 Å². The Morgan fingerprint density at radius 1 is 1.03 bits per heavy atom. The van der Waals surface area contributed by atoms with E-state index in [0.29, 0.717) is 11.4 Å². The van der Waals surface area contributed by atoms with E-state index in [4.69, 9.17) is 0 Å². The van der Waals surface area contributed by atoms with Crippen LogP contribution in [0.5, 0.6) is 0 Å². The molecule has 2 heterocycles. The Labute approximate surface area is 183 Å². The number of carbonyl (C=O) groups excluding carboxylic acids is 1. The molecule has 0 bridgehead atoms. The van der Waals surface area contributed by atoms with Crippen molar-refractivity contribution < 1.29 is 22.0 Å². The highest BCUT2D eigenvalue weighted by molar-refractivity contribution is 7.89. The fourth-order valence-electron chi connectivity index (χ4n) is 3.61. The van der Waals surface area contributed by atoms with E-state index in [9.17, 15) is 22.0 Å². The minimum Gasteiger partial charge on any atom is -0.319 e. The molecule has 0 atom stereocenters. The van der Waals surface area contributed by atoms with Gasteiger partial charge in [-0.25, -0.2) is 21.9 Å². The molecule has 0 fully saturated rings. The summed E-state index contributed by atoms with van der Waals surface area (Å²) in [7, 11) is -2.69. The van der Waals surface area contributed by atoms with Crippen molar-refractivity contribution in [3.63, 3.8) is 0 Å². The van der Waals surface area contributed by atoms with Gasteiger partial charge in [-0.2, -0.15) is 0 Å². The minimum absolute atomic E-state index is 0.181.